The maximum atomic E-state index is 5.41. The summed E-state index contributed by atoms with van der Waals surface area (Å²) in [6.45, 7) is 12.8. The van der Waals surface area contributed by atoms with Crippen LogP contribution in [-0.4, -0.2) is 61.4 Å². The van der Waals surface area contributed by atoms with E-state index in [1.807, 2.05) is 6.07 Å². The molecule has 0 unspecified atom stereocenters. The smallest absolute Gasteiger partial charge is 0.124 e. The van der Waals surface area contributed by atoms with Crippen LogP contribution in [0.5, 0.6) is 0 Å². The van der Waals surface area contributed by atoms with Gasteiger partial charge in [0.15, 0.2) is 0 Å². The fourth-order valence-corrected chi connectivity index (χ4v) is 2.89. The van der Waals surface area contributed by atoms with Crippen molar-refractivity contribution in [1.82, 2.24) is 15.0 Å². The van der Waals surface area contributed by atoms with E-state index < -0.39 is 0 Å². The average molecular weight is 281 g/mol. The van der Waals surface area contributed by atoms with Crippen molar-refractivity contribution < 1.29 is 9.26 Å². The van der Waals surface area contributed by atoms with Gasteiger partial charge in [0.2, 0.25) is 0 Å². The van der Waals surface area contributed by atoms with Gasteiger partial charge in [-0.25, -0.2) is 0 Å². The summed E-state index contributed by atoms with van der Waals surface area (Å²) in [4.78, 5) is 4.84. The Hall–Kier alpha value is -0.910. The molecule has 1 aromatic rings. The van der Waals surface area contributed by atoms with Gasteiger partial charge in [-0.3, -0.25) is 9.80 Å². The van der Waals surface area contributed by atoms with Gasteiger partial charge >= 0.3 is 0 Å². The molecule has 114 valence electrons. The molecule has 1 aliphatic rings. The maximum absolute atomic E-state index is 5.41. The van der Waals surface area contributed by atoms with Crippen LogP contribution >= 0.6 is 0 Å². The molecule has 1 atom stereocenters. The summed E-state index contributed by atoms with van der Waals surface area (Å²) in [5, 5.41) is 4.04. The largest absolute Gasteiger partial charge is 0.379 e. The molecule has 0 spiro atoms. The van der Waals surface area contributed by atoms with Crippen LogP contribution in [0, 0.1) is 5.41 Å². The summed E-state index contributed by atoms with van der Waals surface area (Å²) in [6.07, 6.45) is 1.64. The predicted molar refractivity (Wildman–Crippen MR) is 78.6 cm³/mol. The van der Waals surface area contributed by atoms with E-state index in [-0.39, 0.29) is 11.5 Å². The first-order valence-corrected chi connectivity index (χ1v) is 7.38. The lowest BCUT2D eigenvalue weighted by atomic mass is 9.91. The normalized spacial score (nSPS) is 19.4. The van der Waals surface area contributed by atoms with E-state index in [2.05, 4.69) is 42.8 Å². The van der Waals surface area contributed by atoms with E-state index in [0.717, 1.165) is 45.1 Å². The second-order valence-corrected chi connectivity index (χ2v) is 6.57. The molecule has 0 bridgehead atoms. The Labute approximate surface area is 121 Å². The zero-order valence-corrected chi connectivity index (χ0v) is 13.1. The third-order valence-corrected chi connectivity index (χ3v) is 3.98. The predicted octanol–water partition coefficient (Wildman–Crippen LogP) is 2.03. The first-order chi connectivity index (χ1) is 9.48. The molecule has 20 heavy (non-hydrogen) atoms. The van der Waals surface area contributed by atoms with E-state index >= 15 is 0 Å². The minimum Gasteiger partial charge on any atom is -0.379 e. The molecule has 5 nitrogen and oxygen atoms in total. The topological polar surface area (TPSA) is 41.7 Å². The number of hydrogen-bond acceptors (Lipinski definition) is 5. The molecule has 0 saturated carbocycles. The molecule has 1 aliphatic heterocycles. The first kappa shape index (κ1) is 15.5. The molecule has 0 N–H and O–H groups in total. The van der Waals surface area contributed by atoms with Crippen LogP contribution in [0.15, 0.2) is 16.9 Å². The summed E-state index contributed by atoms with van der Waals surface area (Å²) in [7, 11) is 2.15. The fourth-order valence-electron chi connectivity index (χ4n) is 2.89. The Morgan fingerprint density at radius 1 is 1.40 bits per heavy atom. The Morgan fingerprint density at radius 3 is 2.70 bits per heavy atom. The number of morpholine rings is 1. The van der Waals surface area contributed by atoms with Gasteiger partial charge in [0, 0.05) is 32.2 Å². The lowest BCUT2D eigenvalue weighted by Gasteiger charge is -2.38. The second-order valence-electron chi connectivity index (χ2n) is 6.57. The van der Waals surface area contributed by atoms with Crippen LogP contribution in [0.3, 0.4) is 0 Å². The first-order valence-electron chi connectivity index (χ1n) is 7.38. The van der Waals surface area contributed by atoms with Crippen LogP contribution in [0.4, 0.5) is 0 Å². The van der Waals surface area contributed by atoms with E-state index in [1.54, 1.807) is 6.26 Å². The summed E-state index contributed by atoms with van der Waals surface area (Å²) in [5.74, 6) is 0. The Balaban J connectivity index is 1.86. The van der Waals surface area contributed by atoms with Crippen molar-refractivity contribution in [3.8, 4) is 0 Å². The molecule has 1 aromatic heterocycles. The number of rotatable bonds is 6. The molecule has 0 radical (unpaired) electrons. The van der Waals surface area contributed by atoms with Gasteiger partial charge in [0.05, 0.1) is 19.3 Å². The van der Waals surface area contributed by atoms with Gasteiger partial charge < -0.3 is 9.26 Å². The van der Waals surface area contributed by atoms with Crippen LogP contribution in [0.1, 0.15) is 32.5 Å². The van der Waals surface area contributed by atoms with Gasteiger partial charge in [-0.05, 0) is 19.4 Å². The van der Waals surface area contributed by atoms with E-state index in [9.17, 15) is 0 Å². The number of aromatic nitrogens is 1. The summed E-state index contributed by atoms with van der Waals surface area (Å²) in [5.41, 5.74) is 1.24. The van der Waals surface area contributed by atoms with E-state index in [1.165, 1.54) is 0 Å². The van der Waals surface area contributed by atoms with Crippen molar-refractivity contribution in [2.75, 3.05) is 46.4 Å². The van der Waals surface area contributed by atoms with Crippen molar-refractivity contribution in [3.05, 3.63) is 18.0 Å². The molecule has 0 aromatic carbocycles. The van der Waals surface area contributed by atoms with Crippen molar-refractivity contribution >= 4 is 0 Å². The van der Waals surface area contributed by atoms with E-state index in [4.69, 9.17) is 9.26 Å². The molecule has 0 aliphatic carbocycles. The lowest BCUT2D eigenvalue weighted by molar-refractivity contribution is 0.0143. The average Bonchev–Trinajstić information content (AvgIpc) is 2.91. The number of ether oxygens (including phenoxy) is 1. The van der Waals surface area contributed by atoms with Crippen LogP contribution in [0.25, 0.3) is 0 Å². The highest BCUT2D eigenvalue weighted by molar-refractivity contribution is 5.01. The zero-order chi connectivity index (χ0) is 14.6. The molecule has 5 heteroatoms. The van der Waals surface area contributed by atoms with Crippen molar-refractivity contribution in [2.24, 2.45) is 5.41 Å². The van der Waals surface area contributed by atoms with Crippen LogP contribution < -0.4 is 0 Å². The molecular weight excluding hydrogens is 254 g/mol. The molecule has 2 heterocycles. The fraction of sp³-hybridized carbons (Fsp3) is 0.800. The van der Waals surface area contributed by atoms with Gasteiger partial charge in [0.25, 0.3) is 0 Å². The Kier molecular flexibility index (Phi) is 5.18. The molecular formula is C15H27N3O2. The molecule has 1 fully saturated rings. The number of hydrogen-bond donors (Lipinski definition) is 0. The monoisotopic (exact) mass is 281 g/mol. The van der Waals surface area contributed by atoms with Crippen molar-refractivity contribution in [3.63, 3.8) is 0 Å². The van der Waals surface area contributed by atoms with Gasteiger partial charge in [-0.15, -0.1) is 0 Å². The molecule has 0 amide bonds. The highest BCUT2D eigenvalue weighted by Crippen LogP contribution is 2.24. The van der Waals surface area contributed by atoms with Gasteiger partial charge in [-0.2, -0.15) is 0 Å². The van der Waals surface area contributed by atoms with Gasteiger partial charge in [0.1, 0.15) is 12.0 Å². The summed E-state index contributed by atoms with van der Waals surface area (Å²) in [6, 6.07) is 2.22. The number of nitrogens with zero attached hydrogens (tertiary/aromatic N) is 3. The quantitative estimate of drug-likeness (QED) is 0.798. The van der Waals surface area contributed by atoms with Crippen LogP contribution in [-0.2, 0) is 4.74 Å². The maximum Gasteiger partial charge on any atom is 0.124 e. The Morgan fingerprint density at radius 2 is 2.10 bits per heavy atom. The minimum atomic E-state index is 0.240. The van der Waals surface area contributed by atoms with Gasteiger partial charge in [-0.1, -0.05) is 19.0 Å². The van der Waals surface area contributed by atoms with E-state index in [0.29, 0.717) is 0 Å². The third kappa shape index (κ3) is 4.30. The van der Waals surface area contributed by atoms with Crippen molar-refractivity contribution in [1.29, 1.82) is 0 Å². The third-order valence-electron chi connectivity index (χ3n) is 3.98. The van der Waals surface area contributed by atoms with Crippen molar-refractivity contribution in [2.45, 2.75) is 26.8 Å². The Bertz CT molecular complexity index is 386. The summed E-state index contributed by atoms with van der Waals surface area (Å²) < 4.78 is 10.4. The highest BCUT2D eigenvalue weighted by atomic mass is 16.5. The standard InChI is InChI=1S/C15H27N3O2/c1-13(14-5-8-20-16-14)17(4)11-15(2,3)12-18-6-9-19-10-7-18/h5,8,13H,6-7,9-12H2,1-4H3/t13-/m1/s1. The van der Waals surface area contributed by atoms with Crippen LogP contribution in [0.2, 0.25) is 0 Å². The minimum absolute atomic E-state index is 0.240. The zero-order valence-electron chi connectivity index (χ0n) is 13.1. The molecule has 2 rings (SSSR count). The lowest BCUT2D eigenvalue weighted by Crippen LogP contribution is -2.45. The second kappa shape index (κ2) is 6.70. The summed E-state index contributed by atoms with van der Waals surface area (Å²) >= 11 is 0. The SMILES string of the molecule is C[C@H](c1ccon1)N(C)CC(C)(C)CN1CCOCC1. The highest BCUT2D eigenvalue weighted by Gasteiger charge is 2.27. The molecule has 1 saturated heterocycles.